The van der Waals surface area contributed by atoms with Crippen molar-refractivity contribution in [3.63, 3.8) is 0 Å². The Morgan fingerprint density at radius 2 is 1.83 bits per heavy atom. The second kappa shape index (κ2) is 9.90. The minimum Gasteiger partial charge on any atom is -0.508 e. The number of likely N-dealkylation sites (tertiary alicyclic amines) is 1. The maximum absolute atomic E-state index is 10.3. The summed E-state index contributed by atoms with van der Waals surface area (Å²) in [5.74, 6) is 2.79. The van der Waals surface area contributed by atoms with Gasteiger partial charge in [0.25, 0.3) is 0 Å². The van der Waals surface area contributed by atoms with Gasteiger partial charge in [0, 0.05) is 29.3 Å². The molecule has 2 N–H and O–H groups in total. The van der Waals surface area contributed by atoms with Crippen LogP contribution in [-0.4, -0.2) is 40.9 Å². The van der Waals surface area contributed by atoms with E-state index in [0.717, 1.165) is 63.9 Å². The van der Waals surface area contributed by atoms with Gasteiger partial charge in [0.15, 0.2) is 0 Å². The van der Waals surface area contributed by atoms with E-state index in [9.17, 15) is 10.2 Å². The van der Waals surface area contributed by atoms with Crippen molar-refractivity contribution in [3.05, 3.63) is 82.9 Å². The SMILES string of the molecule is CC1=C(c2cccc(O)c2)C(c2ccc(OCC(C)N3CCC(C)C3)cc2)Oc2ccc(O)c(C)c21. The molecule has 1 saturated heterocycles. The molecule has 188 valence electrons. The van der Waals surface area contributed by atoms with Gasteiger partial charge in [-0.15, -0.1) is 0 Å². The summed E-state index contributed by atoms with van der Waals surface area (Å²) in [6.45, 7) is 11.4. The second-order valence-electron chi connectivity index (χ2n) is 10.3. The number of ether oxygens (including phenoxy) is 2. The van der Waals surface area contributed by atoms with E-state index in [2.05, 4.69) is 37.8 Å². The van der Waals surface area contributed by atoms with E-state index in [4.69, 9.17) is 9.47 Å². The lowest BCUT2D eigenvalue weighted by Gasteiger charge is -2.32. The Bertz CT molecular complexity index is 1280. The van der Waals surface area contributed by atoms with Crippen LogP contribution in [0.3, 0.4) is 0 Å². The summed E-state index contributed by atoms with van der Waals surface area (Å²) >= 11 is 0. The van der Waals surface area contributed by atoms with Gasteiger partial charge >= 0.3 is 0 Å². The first-order valence-electron chi connectivity index (χ1n) is 12.8. The molecule has 5 rings (SSSR count). The average molecular weight is 486 g/mol. The molecule has 1 fully saturated rings. The molecule has 3 aromatic carbocycles. The molecule has 0 saturated carbocycles. The van der Waals surface area contributed by atoms with Crippen LogP contribution in [0.1, 0.15) is 55.5 Å². The maximum atomic E-state index is 10.3. The van der Waals surface area contributed by atoms with E-state index in [1.165, 1.54) is 6.42 Å². The molecule has 0 bridgehead atoms. The van der Waals surface area contributed by atoms with Gasteiger partial charge in [-0.3, -0.25) is 4.90 Å². The number of fused-ring (bicyclic) bond motifs is 1. The molecule has 2 heterocycles. The highest BCUT2D eigenvalue weighted by Gasteiger charge is 2.31. The van der Waals surface area contributed by atoms with Crippen molar-refractivity contribution in [3.8, 4) is 23.0 Å². The minimum atomic E-state index is -0.359. The van der Waals surface area contributed by atoms with E-state index >= 15 is 0 Å². The number of rotatable bonds is 6. The summed E-state index contributed by atoms with van der Waals surface area (Å²) in [7, 11) is 0. The smallest absolute Gasteiger partial charge is 0.150 e. The predicted octanol–water partition coefficient (Wildman–Crippen LogP) is 6.58. The van der Waals surface area contributed by atoms with E-state index < -0.39 is 0 Å². The molecule has 2 aliphatic heterocycles. The Morgan fingerprint density at radius 1 is 1.06 bits per heavy atom. The van der Waals surface area contributed by atoms with Crippen LogP contribution in [-0.2, 0) is 0 Å². The summed E-state index contributed by atoms with van der Waals surface area (Å²) in [5.41, 5.74) is 5.56. The first kappa shape index (κ1) is 24.3. The zero-order chi connectivity index (χ0) is 25.4. The highest BCUT2D eigenvalue weighted by Crippen LogP contribution is 2.49. The van der Waals surface area contributed by atoms with Gasteiger partial charge in [0.05, 0.1) is 0 Å². The molecule has 5 heteroatoms. The van der Waals surface area contributed by atoms with Gasteiger partial charge in [-0.25, -0.2) is 0 Å². The van der Waals surface area contributed by atoms with E-state index in [1.807, 2.05) is 37.3 Å². The molecular formula is C31H35NO4. The largest absolute Gasteiger partial charge is 0.508 e. The maximum Gasteiger partial charge on any atom is 0.150 e. The molecule has 0 radical (unpaired) electrons. The Kier molecular flexibility index (Phi) is 6.67. The zero-order valence-corrected chi connectivity index (χ0v) is 21.5. The van der Waals surface area contributed by atoms with E-state index in [0.29, 0.717) is 12.6 Å². The third-order valence-corrected chi connectivity index (χ3v) is 7.59. The first-order valence-corrected chi connectivity index (χ1v) is 12.8. The molecule has 0 aromatic heterocycles. The Morgan fingerprint density at radius 3 is 2.53 bits per heavy atom. The van der Waals surface area contributed by atoms with Crippen molar-refractivity contribution in [2.45, 2.75) is 46.3 Å². The molecule has 3 aromatic rings. The third-order valence-electron chi connectivity index (χ3n) is 7.59. The van der Waals surface area contributed by atoms with Crippen LogP contribution in [0.2, 0.25) is 0 Å². The lowest BCUT2D eigenvalue weighted by molar-refractivity contribution is 0.169. The van der Waals surface area contributed by atoms with Crippen LogP contribution in [0.4, 0.5) is 0 Å². The summed E-state index contributed by atoms with van der Waals surface area (Å²) in [5, 5.41) is 20.5. The Balaban J connectivity index is 1.43. The van der Waals surface area contributed by atoms with E-state index in [-0.39, 0.29) is 17.6 Å². The predicted molar refractivity (Wildman–Crippen MR) is 144 cm³/mol. The molecule has 0 spiro atoms. The normalized spacial score (nSPS) is 20.7. The summed E-state index contributed by atoms with van der Waals surface area (Å²) in [6.07, 6.45) is 0.902. The number of nitrogens with zero attached hydrogens (tertiary/aromatic N) is 1. The van der Waals surface area contributed by atoms with Crippen molar-refractivity contribution < 1.29 is 19.7 Å². The summed E-state index contributed by atoms with van der Waals surface area (Å²) in [4.78, 5) is 2.50. The molecule has 2 aliphatic rings. The van der Waals surface area contributed by atoms with Crippen LogP contribution in [0, 0.1) is 12.8 Å². The number of hydrogen-bond donors (Lipinski definition) is 2. The highest BCUT2D eigenvalue weighted by atomic mass is 16.5. The summed E-state index contributed by atoms with van der Waals surface area (Å²) < 4.78 is 12.7. The van der Waals surface area contributed by atoms with Gasteiger partial charge in [0.2, 0.25) is 0 Å². The van der Waals surface area contributed by atoms with Gasteiger partial charge < -0.3 is 19.7 Å². The minimum absolute atomic E-state index is 0.204. The Hall–Kier alpha value is -3.44. The van der Waals surface area contributed by atoms with Crippen molar-refractivity contribution in [2.24, 2.45) is 5.92 Å². The van der Waals surface area contributed by atoms with Crippen molar-refractivity contribution in [1.82, 2.24) is 4.90 Å². The standard InChI is InChI=1S/C31H35NO4/c1-19-14-15-32(17-19)20(2)18-35-26-10-8-23(9-11-26)31-30(24-6-5-7-25(33)16-24)22(4)29-21(3)27(34)12-13-28(29)36-31/h5-13,16,19-20,31,33-34H,14-15,17-18H2,1-4H3. The topological polar surface area (TPSA) is 62.2 Å². The number of phenolic OH excluding ortho intramolecular Hbond substituents is 2. The first-order chi connectivity index (χ1) is 17.3. The quantitative estimate of drug-likeness (QED) is 0.413. The molecule has 3 unspecified atom stereocenters. The summed E-state index contributed by atoms with van der Waals surface area (Å²) in [6, 6.07) is 19.2. The number of phenols is 2. The average Bonchev–Trinajstić information content (AvgIpc) is 3.31. The van der Waals surface area contributed by atoms with Gasteiger partial charge in [-0.05, 0) is 92.8 Å². The van der Waals surface area contributed by atoms with Crippen LogP contribution in [0.25, 0.3) is 11.1 Å². The molecule has 5 nitrogen and oxygen atoms in total. The fourth-order valence-electron chi connectivity index (χ4n) is 5.46. The second-order valence-corrected chi connectivity index (χ2v) is 10.3. The van der Waals surface area contributed by atoms with E-state index in [1.54, 1.807) is 18.2 Å². The highest BCUT2D eigenvalue weighted by molar-refractivity contribution is 5.96. The zero-order valence-electron chi connectivity index (χ0n) is 21.5. The van der Waals surface area contributed by atoms with Crippen molar-refractivity contribution in [2.75, 3.05) is 19.7 Å². The lowest BCUT2D eigenvalue weighted by Crippen LogP contribution is -2.35. The van der Waals surface area contributed by atoms with Gasteiger partial charge in [0.1, 0.15) is 35.7 Å². The van der Waals surface area contributed by atoms with Crippen molar-refractivity contribution >= 4 is 11.1 Å². The fourth-order valence-corrected chi connectivity index (χ4v) is 5.46. The molecular weight excluding hydrogens is 450 g/mol. The monoisotopic (exact) mass is 485 g/mol. The molecule has 0 amide bonds. The van der Waals surface area contributed by atoms with Crippen molar-refractivity contribution in [1.29, 1.82) is 0 Å². The molecule has 3 atom stereocenters. The van der Waals surface area contributed by atoms with Crippen LogP contribution >= 0.6 is 0 Å². The fraction of sp³-hybridized carbons (Fsp3) is 0.355. The molecule has 36 heavy (non-hydrogen) atoms. The number of hydrogen-bond acceptors (Lipinski definition) is 5. The number of allylic oxidation sites excluding steroid dienone is 1. The lowest BCUT2D eigenvalue weighted by atomic mass is 9.84. The van der Waals surface area contributed by atoms with Crippen LogP contribution in [0.5, 0.6) is 23.0 Å². The third kappa shape index (κ3) is 4.68. The number of benzene rings is 3. The van der Waals surface area contributed by atoms with Crippen LogP contribution in [0.15, 0.2) is 60.7 Å². The van der Waals surface area contributed by atoms with Gasteiger partial charge in [-0.1, -0.05) is 31.2 Å². The van der Waals surface area contributed by atoms with Gasteiger partial charge in [-0.2, -0.15) is 0 Å². The Labute approximate surface area is 213 Å². The van der Waals surface area contributed by atoms with Crippen LogP contribution < -0.4 is 9.47 Å². The molecule has 0 aliphatic carbocycles. The number of aromatic hydroxyl groups is 2.